The number of imide groups is 1. The molecule has 19 heavy (non-hydrogen) atoms. The van der Waals surface area contributed by atoms with Crippen LogP contribution in [0.1, 0.15) is 53.9 Å². The molecule has 0 N–H and O–H groups in total. The molecule has 0 aromatic carbocycles. The van der Waals surface area contributed by atoms with Gasteiger partial charge in [0.1, 0.15) is 0 Å². The minimum Gasteiger partial charge on any atom is -0.596 e. The second kappa shape index (κ2) is 5.56. The summed E-state index contributed by atoms with van der Waals surface area (Å²) >= 11 is 0. The number of hydrogen-bond donors (Lipinski definition) is 0. The summed E-state index contributed by atoms with van der Waals surface area (Å²) in [5.41, 5.74) is 0.253. The maximum absolute atomic E-state index is 11.9. The molecule has 0 bridgehead atoms. The molecule has 1 saturated heterocycles. The van der Waals surface area contributed by atoms with Crippen molar-refractivity contribution < 1.29 is 42.3 Å². The summed E-state index contributed by atoms with van der Waals surface area (Å²) in [4.78, 5) is 23.3. The summed E-state index contributed by atoms with van der Waals surface area (Å²) < 4.78 is 0. The molecule has 0 aromatic rings. The molecule has 1 heterocycles. The fourth-order valence-corrected chi connectivity index (χ4v) is 3.81. The van der Waals surface area contributed by atoms with Crippen molar-refractivity contribution in [1.29, 1.82) is 0 Å². The number of hydrogen-bond acceptors (Lipinski definition) is 2. The smallest absolute Gasteiger partial charge is 0.0606 e. The average molecular weight is 339 g/mol. The van der Waals surface area contributed by atoms with Gasteiger partial charge in [0.05, 0.1) is 11.8 Å². The minimum absolute atomic E-state index is 0. The molecule has 1 aliphatic heterocycles. The van der Waals surface area contributed by atoms with Crippen LogP contribution in [0.2, 0.25) is 0 Å². The fraction of sp³-hybridized carbons (Fsp3) is 0.867. The van der Waals surface area contributed by atoms with E-state index in [9.17, 15) is 9.59 Å². The molecule has 1 saturated carbocycles. The van der Waals surface area contributed by atoms with Gasteiger partial charge in [0.25, 0.3) is 0 Å². The first kappa shape index (κ1) is 17.3. The molecule has 105 valence electrons. The van der Waals surface area contributed by atoms with Crippen LogP contribution in [0.15, 0.2) is 0 Å². The molecular formula is C15H24NO2Y-. The third kappa shape index (κ3) is 2.83. The molecule has 1 aliphatic carbocycles. The van der Waals surface area contributed by atoms with Gasteiger partial charge in [-0.15, -0.1) is 0 Å². The van der Waals surface area contributed by atoms with Crippen LogP contribution >= 0.6 is 0 Å². The Kier molecular flexibility index (Phi) is 5.06. The van der Waals surface area contributed by atoms with E-state index in [4.69, 9.17) is 0 Å². The van der Waals surface area contributed by atoms with Gasteiger partial charge in [-0.05, 0) is 41.9 Å². The van der Waals surface area contributed by atoms with E-state index in [1.54, 1.807) is 0 Å². The normalized spacial score (nSPS) is 41.6. The van der Waals surface area contributed by atoms with Crippen LogP contribution in [0, 0.1) is 28.6 Å². The summed E-state index contributed by atoms with van der Waals surface area (Å²) in [6.45, 7) is 11.3. The molecule has 4 atom stereocenters. The Balaban J connectivity index is 0.00000180. The van der Waals surface area contributed by atoms with Crippen molar-refractivity contribution in [1.82, 2.24) is 0 Å². The number of carbonyl (C=O) groups is 2. The second-order valence-electron chi connectivity index (χ2n) is 7.17. The maximum Gasteiger partial charge on any atom is 0.0606 e. The number of carbonyl (C=O) groups excluding carboxylic acids is 2. The van der Waals surface area contributed by atoms with E-state index in [1.165, 1.54) is 0 Å². The third-order valence-corrected chi connectivity index (χ3v) is 6.04. The van der Waals surface area contributed by atoms with Crippen molar-refractivity contribution in [3.8, 4) is 0 Å². The van der Waals surface area contributed by atoms with Gasteiger partial charge in [-0.3, -0.25) is 0 Å². The predicted octanol–water partition coefficient (Wildman–Crippen LogP) is 3.53. The van der Waals surface area contributed by atoms with E-state index in [0.29, 0.717) is 23.7 Å². The zero-order chi connectivity index (χ0) is 13.7. The number of rotatable bonds is 1. The largest absolute Gasteiger partial charge is 0.596 e. The summed E-state index contributed by atoms with van der Waals surface area (Å²) in [6.07, 6.45) is 2.46. The zero-order valence-corrected chi connectivity index (χ0v) is 15.5. The molecule has 0 aromatic heterocycles. The first-order chi connectivity index (χ1) is 8.18. The Bertz CT molecular complexity index is 394. The van der Waals surface area contributed by atoms with E-state index in [-0.39, 0.29) is 55.9 Å². The van der Waals surface area contributed by atoms with Gasteiger partial charge in [0.15, 0.2) is 0 Å². The Hall–Kier alpha value is 0.244. The Morgan fingerprint density at radius 1 is 1.05 bits per heavy atom. The first-order valence-electron chi connectivity index (χ1n) is 6.97. The van der Waals surface area contributed by atoms with E-state index >= 15 is 0 Å². The molecule has 2 amide bonds. The van der Waals surface area contributed by atoms with Crippen LogP contribution in [-0.2, 0) is 42.3 Å². The van der Waals surface area contributed by atoms with E-state index < -0.39 is 0 Å². The van der Waals surface area contributed by atoms with Crippen molar-refractivity contribution in [2.45, 2.75) is 53.9 Å². The van der Waals surface area contributed by atoms with Crippen LogP contribution in [0.4, 0.5) is 0 Å². The minimum atomic E-state index is -0.226. The van der Waals surface area contributed by atoms with Gasteiger partial charge in [0, 0.05) is 38.6 Å². The van der Waals surface area contributed by atoms with E-state index in [2.05, 4.69) is 39.9 Å². The number of amides is 2. The van der Waals surface area contributed by atoms with Gasteiger partial charge >= 0.3 is 0 Å². The molecule has 4 heteroatoms. The fourth-order valence-electron chi connectivity index (χ4n) is 3.81. The van der Waals surface area contributed by atoms with E-state index in [0.717, 1.165) is 12.8 Å². The summed E-state index contributed by atoms with van der Waals surface area (Å²) in [6, 6.07) is 0. The van der Waals surface area contributed by atoms with Crippen molar-refractivity contribution in [2.24, 2.45) is 28.6 Å². The van der Waals surface area contributed by atoms with E-state index in [1.807, 2.05) is 0 Å². The van der Waals surface area contributed by atoms with Crippen molar-refractivity contribution in [3.63, 3.8) is 0 Å². The van der Waals surface area contributed by atoms with Gasteiger partial charge in [0.2, 0.25) is 0 Å². The molecule has 4 unspecified atom stereocenters. The summed E-state index contributed by atoms with van der Waals surface area (Å²) in [7, 11) is 0. The monoisotopic (exact) mass is 339 g/mol. The topological polar surface area (TPSA) is 48.2 Å². The third-order valence-electron chi connectivity index (χ3n) is 6.04. The quantitative estimate of drug-likeness (QED) is 0.686. The maximum atomic E-state index is 11.9. The van der Waals surface area contributed by atoms with Crippen LogP contribution in [0.5, 0.6) is 0 Å². The van der Waals surface area contributed by atoms with Crippen molar-refractivity contribution in [2.75, 3.05) is 0 Å². The molecule has 2 rings (SSSR count). The van der Waals surface area contributed by atoms with Gasteiger partial charge < -0.3 is 14.9 Å². The zero-order valence-electron chi connectivity index (χ0n) is 12.7. The van der Waals surface area contributed by atoms with Crippen LogP contribution in [0.3, 0.4) is 0 Å². The SMILES string of the molecule is CC1C(C)C(C)(C2CC(=O)[N-]C2=O)CCC1(C)C.[Y]. The summed E-state index contributed by atoms with van der Waals surface area (Å²) in [5, 5.41) is 3.61. The predicted molar refractivity (Wildman–Crippen MR) is 70.9 cm³/mol. The second-order valence-corrected chi connectivity index (χ2v) is 7.17. The molecule has 3 nitrogen and oxygen atoms in total. The molecule has 2 fully saturated rings. The molecule has 2 aliphatic rings. The van der Waals surface area contributed by atoms with Gasteiger partial charge in [-0.2, -0.15) is 0 Å². The standard InChI is InChI=1S/C15H25NO2.Y/c1-9-10(2)15(5,7-6-14(9,3)4)11-8-12(17)16-13(11)18;/h9-11H,6-8H2,1-5H3,(H,16,17,18);/p-1. The first-order valence-corrected chi connectivity index (χ1v) is 6.97. The average Bonchev–Trinajstić information content (AvgIpc) is 2.62. The summed E-state index contributed by atoms with van der Waals surface area (Å²) in [5.74, 6) is 0.409. The van der Waals surface area contributed by atoms with Gasteiger partial charge in [-0.1, -0.05) is 34.6 Å². The van der Waals surface area contributed by atoms with Crippen molar-refractivity contribution >= 4 is 11.8 Å². The Labute approximate surface area is 141 Å². The van der Waals surface area contributed by atoms with Gasteiger partial charge in [-0.25, -0.2) is 0 Å². The van der Waals surface area contributed by atoms with Crippen LogP contribution < -0.4 is 0 Å². The molecule has 0 spiro atoms. The van der Waals surface area contributed by atoms with Crippen LogP contribution in [0.25, 0.3) is 5.32 Å². The Morgan fingerprint density at radius 2 is 1.63 bits per heavy atom. The van der Waals surface area contributed by atoms with Crippen LogP contribution in [-0.4, -0.2) is 11.8 Å². The molecule has 1 radical (unpaired) electrons. The molecular weight excluding hydrogens is 315 g/mol. The Morgan fingerprint density at radius 3 is 2.11 bits per heavy atom. The van der Waals surface area contributed by atoms with Crippen molar-refractivity contribution in [3.05, 3.63) is 5.32 Å². The number of nitrogens with zero attached hydrogens (tertiary/aromatic N) is 1.